The first-order valence-electron chi connectivity index (χ1n) is 6.03. The minimum absolute atomic E-state index is 0.189. The van der Waals surface area contributed by atoms with E-state index in [0.29, 0.717) is 5.75 Å². The lowest BCUT2D eigenvalue weighted by molar-refractivity contribution is -0.128. The summed E-state index contributed by atoms with van der Waals surface area (Å²) in [4.78, 5) is 11.7. The van der Waals surface area contributed by atoms with Crippen molar-refractivity contribution < 1.29 is 19.0 Å². The monoisotopic (exact) mass is 269 g/mol. The number of rotatable bonds is 5. The molecule has 2 N–H and O–H groups in total. The molecular weight excluding hydrogens is 249 g/mol. The Morgan fingerprint density at radius 3 is 2.26 bits per heavy atom. The average molecular weight is 269 g/mol. The third-order valence-electron chi connectivity index (χ3n) is 3.16. The zero-order chi connectivity index (χ0) is 14.7. The number of hydrogen-bond acceptors (Lipinski definition) is 3. The van der Waals surface area contributed by atoms with Gasteiger partial charge in [0.05, 0.1) is 11.1 Å². The number of carbonyl (C=O) groups excluding carboxylic acids is 1. The number of ether oxygens (including phenoxy) is 1. The maximum absolute atomic E-state index is 12.7. The Bertz CT molecular complexity index is 435. The van der Waals surface area contributed by atoms with Crippen LogP contribution in [-0.4, -0.2) is 28.8 Å². The predicted molar refractivity (Wildman–Crippen MR) is 70.4 cm³/mol. The lowest BCUT2D eigenvalue weighted by atomic mass is 9.86. The van der Waals surface area contributed by atoms with Crippen molar-refractivity contribution in [2.45, 2.75) is 38.8 Å². The summed E-state index contributed by atoms with van der Waals surface area (Å²) in [7, 11) is 0. The highest BCUT2D eigenvalue weighted by Gasteiger charge is 2.36. The Morgan fingerprint density at radius 1 is 1.26 bits per heavy atom. The molecule has 0 spiro atoms. The van der Waals surface area contributed by atoms with Gasteiger partial charge in [-0.2, -0.15) is 0 Å². The molecule has 1 rings (SSSR count). The second-order valence-corrected chi connectivity index (χ2v) is 5.47. The van der Waals surface area contributed by atoms with E-state index in [0.717, 1.165) is 0 Å². The molecule has 0 fully saturated rings. The molecule has 1 aromatic rings. The van der Waals surface area contributed by atoms with Crippen molar-refractivity contribution in [3.63, 3.8) is 0 Å². The molecule has 4 nitrogen and oxygen atoms in total. The molecule has 5 heteroatoms. The predicted octanol–water partition coefficient (Wildman–Crippen LogP) is 1.87. The molecule has 0 bridgehead atoms. The first kappa shape index (κ1) is 15.4. The second kappa shape index (κ2) is 5.57. The van der Waals surface area contributed by atoms with E-state index in [4.69, 9.17) is 4.74 Å². The van der Waals surface area contributed by atoms with Crippen LogP contribution in [0.4, 0.5) is 4.39 Å². The summed E-state index contributed by atoms with van der Waals surface area (Å²) in [5.74, 6) is -0.297. The van der Waals surface area contributed by atoms with Crippen LogP contribution in [0, 0.1) is 5.82 Å². The summed E-state index contributed by atoms with van der Waals surface area (Å²) in [5, 5.41) is 12.6. The topological polar surface area (TPSA) is 58.6 Å². The van der Waals surface area contributed by atoms with Crippen molar-refractivity contribution in [1.82, 2.24) is 5.32 Å². The van der Waals surface area contributed by atoms with Gasteiger partial charge in [-0.3, -0.25) is 4.79 Å². The molecule has 0 atom stereocenters. The summed E-state index contributed by atoms with van der Waals surface area (Å²) in [6.45, 7) is 6.50. The summed E-state index contributed by atoms with van der Waals surface area (Å²) in [6, 6.07) is 5.41. The molecule has 106 valence electrons. The van der Waals surface area contributed by atoms with E-state index in [-0.39, 0.29) is 18.3 Å². The molecule has 1 aromatic carbocycles. The van der Waals surface area contributed by atoms with E-state index >= 15 is 0 Å². The van der Waals surface area contributed by atoms with Crippen molar-refractivity contribution in [3.05, 3.63) is 30.1 Å². The third-order valence-corrected chi connectivity index (χ3v) is 3.16. The van der Waals surface area contributed by atoms with Crippen molar-refractivity contribution >= 4 is 5.91 Å². The standard InChI is InChI=1S/C14H20FNO3/c1-13(2,14(3,4)18)16-12(17)9-19-11-7-5-10(15)6-8-11/h5-8,18H,9H2,1-4H3,(H,16,17). The Labute approximate surface area is 112 Å². The van der Waals surface area contributed by atoms with Gasteiger partial charge in [-0.25, -0.2) is 4.39 Å². The first-order chi connectivity index (χ1) is 8.62. The van der Waals surface area contributed by atoms with Crippen LogP contribution in [-0.2, 0) is 4.79 Å². The van der Waals surface area contributed by atoms with Crippen LogP contribution in [0.2, 0.25) is 0 Å². The quantitative estimate of drug-likeness (QED) is 0.858. The highest BCUT2D eigenvalue weighted by atomic mass is 19.1. The molecule has 0 aromatic heterocycles. The minimum Gasteiger partial charge on any atom is -0.484 e. The van der Waals surface area contributed by atoms with Gasteiger partial charge in [-0.1, -0.05) is 0 Å². The largest absolute Gasteiger partial charge is 0.484 e. The summed E-state index contributed by atoms with van der Waals surface area (Å²) < 4.78 is 17.9. The van der Waals surface area contributed by atoms with Gasteiger partial charge in [0, 0.05) is 0 Å². The molecular formula is C14H20FNO3. The number of carbonyl (C=O) groups is 1. The van der Waals surface area contributed by atoms with Gasteiger partial charge in [0.1, 0.15) is 11.6 Å². The van der Waals surface area contributed by atoms with Crippen LogP contribution < -0.4 is 10.1 Å². The van der Waals surface area contributed by atoms with Gasteiger partial charge in [0.25, 0.3) is 5.91 Å². The summed E-state index contributed by atoms with van der Waals surface area (Å²) in [6.07, 6.45) is 0. The fourth-order valence-corrected chi connectivity index (χ4v) is 1.22. The van der Waals surface area contributed by atoms with Crippen LogP contribution in [0.15, 0.2) is 24.3 Å². The highest BCUT2D eigenvalue weighted by Crippen LogP contribution is 2.20. The van der Waals surface area contributed by atoms with Crippen molar-refractivity contribution in [3.8, 4) is 5.75 Å². The van der Waals surface area contributed by atoms with E-state index in [1.54, 1.807) is 27.7 Å². The number of halogens is 1. The van der Waals surface area contributed by atoms with Crippen LogP contribution in [0.25, 0.3) is 0 Å². The molecule has 0 unspecified atom stereocenters. The van der Waals surface area contributed by atoms with Crippen molar-refractivity contribution in [2.24, 2.45) is 0 Å². The molecule has 0 saturated heterocycles. The average Bonchev–Trinajstić information content (AvgIpc) is 2.26. The zero-order valence-electron chi connectivity index (χ0n) is 11.7. The summed E-state index contributed by atoms with van der Waals surface area (Å²) >= 11 is 0. The van der Waals surface area contributed by atoms with Crippen LogP contribution in [0.3, 0.4) is 0 Å². The minimum atomic E-state index is -1.06. The number of hydrogen-bond donors (Lipinski definition) is 2. The molecule has 0 aliphatic heterocycles. The maximum Gasteiger partial charge on any atom is 0.258 e. The Balaban J connectivity index is 2.51. The smallest absolute Gasteiger partial charge is 0.258 e. The third kappa shape index (κ3) is 4.52. The van der Waals surface area contributed by atoms with E-state index in [1.165, 1.54) is 24.3 Å². The highest BCUT2D eigenvalue weighted by molar-refractivity contribution is 5.78. The lowest BCUT2D eigenvalue weighted by Crippen LogP contribution is -2.58. The fourth-order valence-electron chi connectivity index (χ4n) is 1.22. The van der Waals surface area contributed by atoms with Gasteiger partial charge >= 0.3 is 0 Å². The normalized spacial score (nSPS) is 12.1. The van der Waals surface area contributed by atoms with Crippen LogP contribution >= 0.6 is 0 Å². The summed E-state index contributed by atoms with van der Waals surface area (Å²) in [5.41, 5.74) is -1.84. The van der Waals surface area contributed by atoms with Crippen LogP contribution in [0.5, 0.6) is 5.75 Å². The van der Waals surface area contributed by atoms with E-state index in [1.807, 2.05) is 0 Å². The number of amides is 1. The molecule has 0 aliphatic rings. The van der Waals surface area contributed by atoms with Gasteiger partial charge < -0.3 is 15.2 Å². The van der Waals surface area contributed by atoms with Gasteiger partial charge in [-0.05, 0) is 52.0 Å². The van der Waals surface area contributed by atoms with Crippen molar-refractivity contribution in [2.75, 3.05) is 6.61 Å². The number of benzene rings is 1. The molecule has 0 saturated carbocycles. The fraction of sp³-hybridized carbons (Fsp3) is 0.500. The van der Waals surface area contributed by atoms with Gasteiger partial charge in [0.2, 0.25) is 0 Å². The zero-order valence-corrected chi connectivity index (χ0v) is 11.7. The molecule has 0 radical (unpaired) electrons. The van der Waals surface area contributed by atoms with Gasteiger partial charge in [-0.15, -0.1) is 0 Å². The number of nitrogens with one attached hydrogen (secondary N) is 1. The maximum atomic E-state index is 12.7. The van der Waals surface area contributed by atoms with Crippen LogP contribution in [0.1, 0.15) is 27.7 Å². The molecule has 19 heavy (non-hydrogen) atoms. The van der Waals surface area contributed by atoms with Crippen molar-refractivity contribution in [1.29, 1.82) is 0 Å². The lowest BCUT2D eigenvalue weighted by Gasteiger charge is -2.37. The number of aliphatic hydroxyl groups is 1. The Hall–Kier alpha value is -1.62. The Morgan fingerprint density at radius 2 is 1.79 bits per heavy atom. The van der Waals surface area contributed by atoms with Gasteiger partial charge in [0.15, 0.2) is 6.61 Å². The second-order valence-electron chi connectivity index (χ2n) is 5.47. The van der Waals surface area contributed by atoms with E-state index in [2.05, 4.69) is 5.32 Å². The molecule has 0 aliphatic carbocycles. The Kier molecular flexibility index (Phi) is 4.52. The SMILES string of the molecule is CC(C)(O)C(C)(C)NC(=O)COc1ccc(F)cc1. The van der Waals surface area contributed by atoms with E-state index in [9.17, 15) is 14.3 Å². The molecule has 1 amide bonds. The first-order valence-corrected chi connectivity index (χ1v) is 6.03. The molecule has 0 heterocycles. The van der Waals surface area contributed by atoms with E-state index < -0.39 is 11.1 Å².